The number of benzene rings is 2. The van der Waals surface area contributed by atoms with Gasteiger partial charge in [-0.3, -0.25) is 4.79 Å². The summed E-state index contributed by atoms with van der Waals surface area (Å²) in [5.74, 6) is 0.900. The topological polar surface area (TPSA) is 45.0 Å². The Labute approximate surface area is 171 Å². The van der Waals surface area contributed by atoms with Crippen LogP contribution < -0.4 is 0 Å². The van der Waals surface area contributed by atoms with Crippen molar-refractivity contribution in [1.29, 1.82) is 0 Å². The first-order chi connectivity index (χ1) is 13.2. The molecule has 0 saturated carbocycles. The normalized spacial score (nSPS) is 17.2. The van der Waals surface area contributed by atoms with E-state index in [0.717, 1.165) is 26.1 Å². The van der Waals surface area contributed by atoms with Crippen LogP contribution in [0.25, 0.3) is 6.08 Å². The molecule has 0 bridgehead atoms. The third-order valence-electron chi connectivity index (χ3n) is 4.22. The highest BCUT2D eigenvalue weighted by Gasteiger charge is 2.21. The first-order valence-corrected chi connectivity index (χ1v) is 9.62. The van der Waals surface area contributed by atoms with Gasteiger partial charge < -0.3 is 4.90 Å². The van der Waals surface area contributed by atoms with E-state index in [1.807, 2.05) is 66.7 Å². The Bertz CT molecular complexity index is 1030. The van der Waals surface area contributed by atoms with Crippen LogP contribution in [0.2, 0.25) is 0 Å². The van der Waals surface area contributed by atoms with Crippen molar-refractivity contribution >= 4 is 46.2 Å². The van der Waals surface area contributed by atoms with E-state index in [-0.39, 0.29) is 5.91 Å². The van der Waals surface area contributed by atoms with Crippen molar-refractivity contribution < 1.29 is 4.79 Å². The molecule has 0 aliphatic carbocycles. The van der Waals surface area contributed by atoms with E-state index in [9.17, 15) is 4.79 Å². The molecule has 2 aliphatic heterocycles. The molecule has 0 spiro atoms. The van der Waals surface area contributed by atoms with Gasteiger partial charge in [-0.2, -0.15) is 4.99 Å². The van der Waals surface area contributed by atoms with Crippen LogP contribution in [-0.4, -0.2) is 22.5 Å². The molecule has 1 amide bonds. The van der Waals surface area contributed by atoms with Gasteiger partial charge in [0.25, 0.3) is 5.91 Å². The molecule has 4 rings (SSSR count). The fourth-order valence-corrected chi connectivity index (χ4v) is 3.44. The van der Waals surface area contributed by atoms with E-state index in [4.69, 9.17) is 0 Å². The average Bonchev–Trinajstić information content (AvgIpc) is 2.83. The molecule has 0 unspecified atom stereocenters. The Kier molecular flexibility index (Phi) is 5.11. The highest BCUT2D eigenvalue weighted by atomic mass is 127. The van der Waals surface area contributed by atoms with Gasteiger partial charge in [-0.15, -0.1) is 0 Å². The summed E-state index contributed by atoms with van der Waals surface area (Å²) in [6.45, 7) is 0.693. The molecule has 0 aromatic heterocycles. The first-order valence-electron chi connectivity index (χ1n) is 8.54. The predicted octanol–water partition coefficient (Wildman–Crippen LogP) is 4.73. The molecule has 0 radical (unpaired) electrons. The van der Waals surface area contributed by atoms with Crippen molar-refractivity contribution in [2.75, 3.05) is 0 Å². The second-order valence-electron chi connectivity index (χ2n) is 6.12. The fraction of sp³-hybridized carbons (Fsp3) is 0.0455. The summed E-state index contributed by atoms with van der Waals surface area (Å²) in [5, 5.41) is 0. The summed E-state index contributed by atoms with van der Waals surface area (Å²) >= 11 is 2.28. The van der Waals surface area contributed by atoms with Gasteiger partial charge in [0.05, 0.1) is 0 Å². The van der Waals surface area contributed by atoms with E-state index in [1.54, 1.807) is 6.08 Å². The van der Waals surface area contributed by atoms with Gasteiger partial charge in [0, 0.05) is 28.0 Å². The molecule has 0 fully saturated rings. The number of hydrogen-bond donors (Lipinski definition) is 0. The van der Waals surface area contributed by atoms with Crippen molar-refractivity contribution in [3.8, 4) is 0 Å². The number of carbonyl (C=O) groups excluding carboxylic acids is 1. The van der Waals surface area contributed by atoms with Crippen molar-refractivity contribution in [3.63, 3.8) is 0 Å². The van der Waals surface area contributed by atoms with Crippen LogP contribution in [0.3, 0.4) is 0 Å². The van der Waals surface area contributed by atoms with Gasteiger partial charge in [0.2, 0.25) is 0 Å². The van der Waals surface area contributed by atoms with E-state index in [1.165, 1.54) is 6.08 Å². The zero-order valence-corrected chi connectivity index (χ0v) is 16.6. The largest absolute Gasteiger partial charge is 0.327 e. The van der Waals surface area contributed by atoms with E-state index >= 15 is 0 Å². The molecule has 132 valence electrons. The van der Waals surface area contributed by atoms with Crippen molar-refractivity contribution in [2.45, 2.75) is 6.54 Å². The fourth-order valence-electron chi connectivity index (χ4n) is 2.92. The lowest BCUT2D eigenvalue weighted by atomic mass is 10.1. The summed E-state index contributed by atoms with van der Waals surface area (Å²) in [6, 6.07) is 17.6. The Morgan fingerprint density at radius 2 is 1.85 bits per heavy atom. The van der Waals surface area contributed by atoms with Crippen LogP contribution in [0, 0.1) is 0 Å². The quantitative estimate of drug-likeness (QED) is 0.476. The number of amides is 1. The second kappa shape index (κ2) is 7.84. The minimum absolute atomic E-state index is 0.327. The number of nitrogens with zero attached hydrogens (tertiary/aromatic N) is 3. The second-order valence-corrected chi connectivity index (χ2v) is 7.37. The lowest BCUT2D eigenvalue weighted by Gasteiger charge is -2.21. The molecule has 2 aliphatic rings. The van der Waals surface area contributed by atoms with Crippen LogP contribution in [0.4, 0.5) is 0 Å². The third kappa shape index (κ3) is 4.14. The maximum atomic E-state index is 12.4. The Balaban J connectivity index is 1.70. The van der Waals surface area contributed by atoms with E-state index in [2.05, 4.69) is 43.7 Å². The summed E-state index contributed by atoms with van der Waals surface area (Å²) in [6.07, 6.45) is 9.25. The number of fused-ring (bicyclic) bond motifs is 2. The predicted molar refractivity (Wildman–Crippen MR) is 118 cm³/mol. The van der Waals surface area contributed by atoms with Crippen LogP contribution in [0.15, 0.2) is 92.6 Å². The molecule has 0 atom stereocenters. The Hall–Kier alpha value is -2.80. The Morgan fingerprint density at radius 3 is 2.70 bits per heavy atom. The molecule has 2 aromatic rings. The maximum absolute atomic E-state index is 12.4. The molecule has 4 nitrogen and oxygen atoms in total. The van der Waals surface area contributed by atoms with Crippen molar-refractivity contribution in [2.24, 2.45) is 9.98 Å². The minimum atomic E-state index is -0.327. The Morgan fingerprint density at radius 1 is 1.07 bits per heavy atom. The number of hydrogen-bond acceptors (Lipinski definition) is 2. The van der Waals surface area contributed by atoms with Crippen molar-refractivity contribution in [1.82, 2.24) is 4.90 Å². The maximum Gasteiger partial charge on any atom is 0.271 e. The summed E-state index contributed by atoms with van der Waals surface area (Å²) in [4.78, 5) is 23.5. The lowest BCUT2D eigenvalue weighted by Crippen LogP contribution is -2.24. The minimum Gasteiger partial charge on any atom is -0.327 e. The number of aliphatic imine (C=N–C) groups is 2. The van der Waals surface area contributed by atoms with Crippen LogP contribution >= 0.6 is 22.6 Å². The number of amidine groups is 2. The van der Waals surface area contributed by atoms with Crippen LogP contribution in [0.1, 0.15) is 16.7 Å². The van der Waals surface area contributed by atoms with Gasteiger partial charge in [0.1, 0.15) is 5.84 Å². The molecule has 27 heavy (non-hydrogen) atoms. The van der Waals surface area contributed by atoms with E-state index in [0.29, 0.717) is 12.4 Å². The average molecular weight is 465 g/mol. The monoisotopic (exact) mass is 465 g/mol. The number of allylic oxidation sites excluding steroid dienone is 2. The van der Waals surface area contributed by atoms with Gasteiger partial charge in [-0.05, 0) is 51.9 Å². The molecule has 0 saturated heterocycles. The number of rotatable bonds is 2. The van der Waals surface area contributed by atoms with Crippen molar-refractivity contribution in [3.05, 3.63) is 99.3 Å². The van der Waals surface area contributed by atoms with Gasteiger partial charge >= 0.3 is 0 Å². The van der Waals surface area contributed by atoms with Crippen LogP contribution in [-0.2, 0) is 11.3 Å². The molecule has 2 heterocycles. The zero-order chi connectivity index (χ0) is 18.6. The first kappa shape index (κ1) is 17.6. The number of carbonyl (C=O) groups is 1. The lowest BCUT2D eigenvalue weighted by molar-refractivity contribution is -0.113. The smallest absolute Gasteiger partial charge is 0.271 e. The molecule has 5 heteroatoms. The standard InChI is InChI=1S/C22H16IN3O/c23-18-11-12-20-24-22(19-9-5-4-8-17(19)14-26(20)15-18)25-21(27)13-10-16-6-2-1-3-7-16/h1-13,15H,14H2/b13-10+,25-22?. The number of halogens is 1. The molecular weight excluding hydrogens is 449 g/mol. The zero-order valence-electron chi connectivity index (χ0n) is 14.4. The highest BCUT2D eigenvalue weighted by Crippen LogP contribution is 2.24. The molecular formula is C22H16IN3O. The summed E-state index contributed by atoms with van der Waals surface area (Å²) in [7, 11) is 0. The molecule has 0 N–H and O–H groups in total. The van der Waals surface area contributed by atoms with Gasteiger partial charge in [-0.25, -0.2) is 4.99 Å². The summed E-state index contributed by atoms with van der Waals surface area (Å²) < 4.78 is 1.13. The van der Waals surface area contributed by atoms with Crippen LogP contribution in [0.5, 0.6) is 0 Å². The highest BCUT2D eigenvalue weighted by molar-refractivity contribution is 14.1. The van der Waals surface area contributed by atoms with E-state index < -0.39 is 0 Å². The summed E-state index contributed by atoms with van der Waals surface area (Å²) in [5.41, 5.74) is 2.93. The van der Waals surface area contributed by atoms with Gasteiger partial charge in [0.15, 0.2) is 5.84 Å². The van der Waals surface area contributed by atoms with Gasteiger partial charge in [-0.1, -0.05) is 54.6 Å². The third-order valence-corrected chi connectivity index (χ3v) is 4.86. The molecule has 2 aromatic carbocycles. The SMILES string of the molecule is O=C(/C=C/c1ccccc1)N=C1N=C2C=CC(I)=CN2Cc2ccccc21.